The summed E-state index contributed by atoms with van der Waals surface area (Å²) in [6, 6.07) is 30.1. The maximum absolute atomic E-state index is 6.40. The normalized spacial score (nSPS) is 11.0. The summed E-state index contributed by atoms with van der Waals surface area (Å²) in [6.07, 6.45) is 0. The minimum Gasteiger partial charge on any atom is -0.339 e. The lowest BCUT2D eigenvalue weighted by Gasteiger charge is -2.13. The quantitative estimate of drug-likeness (QED) is 0.371. The number of nitrogens with one attached hydrogen (secondary N) is 1. The van der Waals surface area contributed by atoms with Crippen molar-refractivity contribution >= 4 is 44.8 Å². The van der Waals surface area contributed by atoms with E-state index in [1.54, 1.807) is 0 Å². The zero-order valence-corrected chi connectivity index (χ0v) is 15.7. The van der Waals surface area contributed by atoms with Crippen molar-refractivity contribution in [1.29, 1.82) is 0 Å². The van der Waals surface area contributed by atoms with Crippen LogP contribution in [0.5, 0.6) is 0 Å². The molecule has 5 rings (SSSR count). The van der Waals surface area contributed by atoms with E-state index in [2.05, 4.69) is 29.6 Å². The zero-order valence-electron chi connectivity index (χ0n) is 14.9. The van der Waals surface area contributed by atoms with Gasteiger partial charge in [-0.05, 0) is 35.7 Å². The van der Waals surface area contributed by atoms with Gasteiger partial charge in [0.1, 0.15) is 5.82 Å². The molecule has 0 saturated carbocycles. The number of hydrogen-bond donors (Lipinski definition) is 1. The Morgan fingerprint density at radius 2 is 1.36 bits per heavy atom. The van der Waals surface area contributed by atoms with Crippen molar-refractivity contribution in [2.75, 3.05) is 5.32 Å². The van der Waals surface area contributed by atoms with Gasteiger partial charge in [-0.1, -0.05) is 72.3 Å². The molecule has 0 aliphatic carbocycles. The first-order valence-corrected chi connectivity index (χ1v) is 9.44. The highest BCUT2D eigenvalue weighted by molar-refractivity contribution is 6.33. The molecular weight excluding hydrogens is 366 g/mol. The second-order valence-electron chi connectivity index (χ2n) is 6.54. The largest absolute Gasteiger partial charge is 0.339 e. The summed E-state index contributed by atoms with van der Waals surface area (Å²) >= 11 is 6.40. The maximum atomic E-state index is 6.40. The van der Waals surface area contributed by atoms with Crippen LogP contribution < -0.4 is 5.32 Å². The van der Waals surface area contributed by atoms with Crippen LogP contribution in [0.15, 0.2) is 91.0 Å². The van der Waals surface area contributed by atoms with E-state index in [0.717, 1.165) is 33.4 Å². The molecule has 1 heterocycles. The van der Waals surface area contributed by atoms with Crippen molar-refractivity contribution < 1.29 is 0 Å². The van der Waals surface area contributed by atoms with Crippen molar-refractivity contribution in [3.05, 3.63) is 96.0 Å². The minimum absolute atomic E-state index is 0.604. The van der Waals surface area contributed by atoms with Gasteiger partial charge in [0.05, 0.1) is 10.5 Å². The fraction of sp³-hybridized carbons (Fsp3) is 0. The van der Waals surface area contributed by atoms with Gasteiger partial charge in [-0.25, -0.2) is 9.97 Å². The first-order valence-electron chi connectivity index (χ1n) is 9.06. The average molecular weight is 382 g/mol. The van der Waals surface area contributed by atoms with E-state index in [9.17, 15) is 0 Å². The molecule has 28 heavy (non-hydrogen) atoms. The molecule has 0 bridgehead atoms. The Kier molecular flexibility index (Phi) is 4.15. The van der Waals surface area contributed by atoms with Gasteiger partial charge >= 0.3 is 0 Å². The molecule has 0 aliphatic heterocycles. The van der Waals surface area contributed by atoms with E-state index in [-0.39, 0.29) is 0 Å². The lowest BCUT2D eigenvalue weighted by Crippen LogP contribution is -2.00. The summed E-state index contributed by atoms with van der Waals surface area (Å²) in [5.41, 5.74) is 2.69. The Labute approximate surface area is 167 Å². The number of fused-ring (bicyclic) bond motifs is 2. The Hall–Kier alpha value is -3.43. The van der Waals surface area contributed by atoms with E-state index in [4.69, 9.17) is 21.6 Å². The number of para-hydroxylation sites is 1. The van der Waals surface area contributed by atoms with Gasteiger partial charge in [0.15, 0.2) is 5.82 Å². The first kappa shape index (κ1) is 16.7. The zero-order chi connectivity index (χ0) is 18.9. The van der Waals surface area contributed by atoms with Crippen molar-refractivity contribution in [2.45, 2.75) is 0 Å². The van der Waals surface area contributed by atoms with Gasteiger partial charge in [0.25, 0.3) is 0 Å². The lowest BCUT2D eigenvalue weighted by molar-refractivity contribution is 1.22. The number of nitrogens with zero attached hydrogens (tertiary/aromatic N) is 2. The van der Waals surface area contributed by atoms with E-state index >= 15 is 0 Å². The van der Waals surface area contributed by atoms with Crippen LogP contribution in [-0.4, -0.2) is 9.97 Å². The van der Waals surface area contributed by atoms with Gasteiger partial charge in [-0.3, -0.25) is 0 Å². The summed E-state index contributed by atoms with van der Waals surface area (Å²) in [6.45, 7) is 0. The fourth-order valence-electron chi connectivity index (χ4n) is 3.40. The monoisotopic (exact) mass is 381 g/mol. The molecule has 0 amide bonds. The molecule has 4 aromatic carbocycles. The molecule has 1 N–H and O–H groups in total. The maximum Gasteiger partial charge on any atom is 0.163 e. The predicted molar refractivity (Wildman–Crippen MR) is 117 cm³/mol. The number of aromatic nitrogens is 2. The summed E-state index contributed by atoms with van der Waals surface area (Å²) in [7, 11) is 0. The molecule has 0 unspecified atom stereocenters. The third-order valence-electron chi connectivity index (χ3n) is 4.76. The smallest absolute Gasteiger partial charge is 0.163 e. The van der Waals surface area contributed by atoms with E-state index < -0.39 is 0 Å². The van der Waals surface area contributed by atoms with Crippen LogP contribution in [0, 0.1) is 0 Å². The molecule has 0 spiro atoms. The van der Waals surface area contributed by atoms with Crippen LogP contribution in [0.1, 0.15) is 0 Å². The molecule has 4 heteroatoms. The SMILES string of the molecule is Clc1ccccc1-c1nc(Nc2cccc3ccccc23)c2ccccc2n1. The number of halogens is 1. The molecule has 5 aromatic rings. The molecule has 0 radical (unpaired) electrons. The molecule has 1 aromatic heterocycles. The second kappa shape index (κ2) is 6.95. The highest BCUT2D eigenvalue weighted by Crippen LogP contribution is 2.32. The summed E-state index contributed by atoms with van der Waals surface area (Å²) in [4.78, 5) is 9.56. The Morgan fingerprint density at radius 1 is 0.643 bits per heavy atom. The number of rotatable bonds is 3. The van der Waals surface area contributed by atoms with Crippen LogP contribution in [-0.2, 0) is 0 Å². The molecule has 0 saturated heterocycles. The number of benzene rings is 4. The van der Waals surface area contributed by atoms with Crippen LogP contribution in [0.3, 0.4) is 0 Å². The summed E-state index contributed by atoms with van der Waals surface area (Å²) < 4.78 is 0. The van der Waals surface area contributed by atoms with Crippen LogP contribution in [0.2, 0.25) is 5.02 Å². The topological polar surface area (TPSA) is 37.8 Å². The molecule has 0 atom stereocenters. The van der Waals surface area contributed by atoms with Gasteiger partial charge in [0.2, 0.25) is 0 Å². The standard InChI is InChI=1S/C24H16ClN3/c25-20-13-5-3-11-18(20)23-27-22-14-6-4-12-19(22)24(28-23)26-21-15-7-9-16-8-1-2-10-17(16)21/h1-15H,(H,26,27,28). The Bertz CT molecular complexity index is 1310. The van der Waals surface area contributed by atoms with Crippen LogP contribution >= 0.6 is 11.6 Å². The summed E-state index contributed by atoms with van der Waals surface area (Å²) in [5, 5.41) is 7.45. The van der Waals surface area contributed by atoms with E-state index in [1.165, 1.54) is 5.39 Å². The van der Waals surface area contributed by atoms with Crippen molar-refractivity contribution in [2.24, 2.45) is 0 Å². The lowest BCUT2D eigenvalue weighted by atomic mass is 10.1. The van der Waals surface area contributed by atoms with Crippen molar-refractivity contribution in [3.8, 4) is 11.4 Å². The molecular formula is C24H16ClN3. The van der Waals surface area contributed by atoms with Crippen molar-refractivity contribution in [3.63, 3.8) is 0 Å². The third kappa shape index (κ3) is 2.96. The molecule has 0 aliphatic rings. The van der Waals surface area contributed by atoms with Crippen molar-refractivity contribution in [1.82, 2.24) is 9.97 Å². The highest BCUT2D eigenvalue weighted by atomic mass is 35.5. The third-order valence-corrected chi connectivity index (χ3v) is 5.09. The van der Waals surface area contributed by atoms with Gasteiger partial charge < -0.3 is 5.32 Å². The first-order chi connectivity index (χ1) is 13.8. The van der Waals surface area contributed by atoms with Gasteiger partial charge in [-0.15, -0.1) is 0 Å². The minimum atomic E-state index is 0.604. The fourth-order valence-corrected chi connectivity index (χ4v) is 3.62. The highest BCUT2D eigenvalue weighted by Gasteiger charge is 2.12. The molecule has 3 nitrogen and oxygen atoms in total. The number of hydrogen-bond acceptors (Lipinski definition) is 3. The van der Waals surface area contributed by atoms with Crippen LogP contribution in [0.4, 0.5) is 11.5 Å². The van der Waals surface area contributed by atoms with Crippen LogP contribution in [0.25, 0.3) is 33.1 Å². The average Bonchev–Trinajstić information content (AvgIpc) is 2.74. The van der Waals surface area contributed by atoms with Gasteiger partial charge in [-0.2, -0.15) is 0 Å². The van der Waals surface area contributed by atoms with E-state index in [1.807, 2.05) is 66.7 Å². The molecule has 134 valence electrons. The number of anilines is 2. The van der Waals surface area contributed by atoms with Gasteiger partial charge in [0, 0.05) is 22.0 Å². The molecule has 0 fully saturated rings. The van der Waals surface area contributed by atoms with E-state index in [0.29, 0.717) is 10.8 Å². The second-order valence-corrected chi connectivity index (χ2v) is 6.95. The summed E-state index contributed by atoms with van der Waals surface area (Å²) in [5.74, 6) is 1.36. The predicted octanol–water partition coefficient (Wildman–Crippen LogP) is 6.85. The Balaban J connectivity index is 1.71. The Morgan fingerprint density at radius 3 is 2.25 bits per heavy atom.